The van der Waals surface area contributed by atoms with Gasteiger partial charge in [-0.1, -0.05) is 55.7 Å². The monoisotopic (exact) mass is 523 g/mol. The molecule has 0 saturated heterocycles. The first-order chi connectivity index (χ1) is 17.8. The summed E-state index contributed by atoms with van der Waals surface area (Å²) in [6, 6.07) is 15.8. The van der Waals surface area contributed by atoms with Crippen LogP contribution in [0.25, 0.3) is 10.9 Å². The number of carbonyl (C=O) groups excluding carboxylic acids is 1. The van der Waals surface area contributed by atoms with Crippen molar-refractivity contribution >= 4 is 32.3 Å². The van der Waals surface area contributed by atoms with E-state index in [1.165, 1.54) is 9.47 Å². The van der Waals surface area contributed by atoms with Crippen LogP contribution in [-0.2, 0) is 27.7 Å². The summed E-state index contributed by atoms with van der Waals surface area (Å²) in [6.45, 7) is 3.69. The van der Waals surface area contributed by atoms with Crippen LogP contribution in [-0.4, -0.2) is 41.0 Å². The van der Waals surface area contributed by atoms with Crippen molar-refractivity contribution in [2.24, 2.45) is 0 Å². The molecule has 0 unspecified atom stereocenters. The lowest BCUT2D eigenvalue weighted by Gasteiger charge is -2.23. The van der Waals surface area contributed by atoms with Gasteiger partial charge in [-0.15, -0.1) is 6.58 Å². The quantitative estimate of drug-likeness (QED) is 0.379. The van der Waals surface area contributed by atoms with Gasteiger partial charge >= 0.3 is 5.69 Å². The molecular formula is C28H33N3O5S. The number of nitrogens with zero attached hydrogens (tertiary/aromatic N) is 3. The van der Waals surface area contributed by atoms with Gasteiger partial charge in [0.1, 0.15) is 6.54 Å². The molecule has 4 rings (SSSR count). The molecule has 37 heavy (non-hydrogen) atoms. The van der Waals surface area contributed by atoms with Gasteiger partial charge in [-0.2, -0.15) is 0 Å². The largest absolute Gasteiger partial charge is 0.331 e. The minimum Gasteiger partial charge on any atom is -0.307 e. The van der Waals surface area contributed by atoms with E-state index in [0.29, 0.717) is 29.4 Å². The molecule has 1 heterocycles. The average Bonchev–Trinajstić information content (AvgIpc) is 2.92. The van der Waals surface area contributed by atoms with Crippen LogP contribution in [0.15, 0.2) is 76.8 Å². The van der Waals surface area contributed by atoms with Crippen LogP contribution < -0.4 is 16.1 Å². The van der Waals surface area contributed by atoms with Gasteiger partial charge in [-0.3, -0.25) is 18.7 Å². The zero-order valence-electron chi connectivity index (χ0n) is 20.9. The number of aromatic nitrogens is 2. The minimum absolute atomic E-state index is 0.0301. The molecule has 0 N–H and O–H groups in total. The summed E-state index contributed by atoms with van der Waals surface area (Å²) in [7, 11) is -3.29. The first kappa shape index (κ1) is 26.6. The topological polar surface area (TPSA) is 98.4 Å². The second kappa shape index (κ2) is 11.7. The summed E-state index contributed by atoms with van der Waals surface area (Å²) < 4.78 is 28.0. The van der Waals surface area contributed by atoms with Gasteiger partial charge in [-0.25, -0.2) is 13.2 Å². The molecule has 2 aromatic carbocycles. The molecular weight excluding hydrogens is 490 g/mol. The molecule has 3 aromatic rings. The van der Waals surface area contributed by atoms with E-state index in [1.54, 1.807) is 42.5 Å². The number of hydrogen-bond donors (Lipinski definition) is 0. The van der Waals surface area contributed by atoms with E-state index in [9.17, 15) is 22.8 Å². The predicted octanol–water partition coefficient (Wildman–Crippen LogP) is 3.52. The molecule has 9 heteroatoms. The van der Waals surface area contributed by atoms with Crippen molar-refractivity contribution < 1.29 is 13.2 Å². The first-order valence-electron chi connectivity index (χ1n) is 12.7. The van der Waals surface area contributed by atoms with E-state index in [1.807, 2.05) is 18.2 Å². The first-order valence-corrected chi connectivity index (χ1v) is 14.5. The normalized spacial score (nSPS) is 14.5. The second-order valence-electron chi connectivity index (χ2n) is 9.45. The maximum Gasteiger partial charge on any atom is 0.331 e. The molecule has 0 radical (unpaired) electrons. The third kappa shape index (κ3) is 5.93. The van der Waals surface area contributed by atoms with Crippen molar-refractivity contribution in [1.82, 2.24) is 9.13 Å². The van der Waals surface area contributed by atoms with Crippen molar-refractivity contribution in [3.05, 3.63) is 88.1 Å². The molecule has 0 bridgehead atoms. The Balaban J connectivity index is 1.63. The third-order valence-corrected chi connectivity index (χ3v) is 9.32. The van der Waals surface area contributed by atoms with E-state index >= 15 is 0 Å². The Morgan fingerprint density at radius 2 is 1.65 bits per heavy atom. The number of para-hydroxylation sites is 2. The van der Waals surface area contributed by atoms with Crippen molar-refractivity contribution in [1.29, 1.82) is 0 Å². The van der Waals surface area contributed by atoms with Crippen LogP contribution >= 0.6 is 0 Å². The summed E-state index contributed by atoms with van der Waals surface area (Å²) in [6.07, 6.45) is 6.01. The fourth-order valence-corrected chi connectivity index (χ4v) is 6.96. The van der Waals surface area contributed by atoms with Gasteiger partial charge in [-0.05, 0) is 43.5 Å². The predicted molar refractivity (Wildman–Crippen MR) is 147 cm³/mol. The highest BCUT2D eigenvalue weighted by molar-refractivity contribution is 7.92. The summed E-state index contributed by atoms with van der Waals surface area (Å²) in [5.41, 5.74) is -0.0707. The fourth-order valence-electron chi connectivity index (χ4n) is 5.04. The highest BCUT2D eigenvalue weighted by Crippen LogP contribution is 2.24. The number of carbonyl (C=O) groups is 1. The standard InChI is InChI=1S/C28H33N3O5S/c1-2-18-29(22-12-5-3-6-13-22)26(32)21-31-25-17-10-9-16-24(25)27(33)30(28(31)34)19-11-20-37(35,36)23-14-7-4-8-15-23/h2-3,5-6,9-10,12-13,16-17,23H,1,4,7-8,11,14-15,18-21H2. The van der Waals surface area contributed by atoms with Gasteiger partial charge in [0.2, 0.25) is 5.91 Å². The summed E-state index contributed by atoms with van der Waals surface area (Å²) >= 11 is 0. The SMILES string of the molecule is C=CCN(C(=O)Cn1c(=O)n(CCCS(=O)(=O)C2CCCCC2)c(=O)c2ccccc21)c1ccccc1. The van der Waals surface area contributed by atoms with Crippen molar-refractivity contribution in [3.8, 4) is 0 Å². The maximum absolute atomic E-state index is 13.5. The van der Waals surface area contributed by atoms with Crippen LogP contribution in [0.4, 0.5) is 5.69 Å². The highest BCUT2D eigenvalue weighted by atomic mass is 32.2. The van der Waals surface area contributed by atoms with E-state index in [4.69, 9.17) is 0 Å². The zero-order chi connectivity index (χ0) is 26.4. The molecule has 0 aliphatic heterocycles. The van der Waals surface area contributed by atoms with Crippen LogP contribution in [0.3, 0.4) is 0 Å². The Bertz CT molecular complexity index is 1490. The number of benzene rings is 2. The lowest BCUT2D eigenvalue weighted by Crippen LogP contribution is -2.44. The molecule has 8 nitrogen and oxygen atoms in total. The minimum atomic E-state index is -3.29. The Morgan fingerprint density at radius 1 is 0.973 bits per heavy atom. The number of hydrogen-bond acceptors (Lipinski definition) is 5. The van der Waals surface area contributed by atoms with Gasteiger partial charge in [0.15, 0.2) is 9.84 Å². The zero-order valence-corrected chi connectivity index (χ0v) is 21.7. The molecule has 1 aliphatic carbocycles. The molecule has 1 fully saturated rings. The molecule has 1 aromatic heterocycles. The second-order valence-corrected chi connectivity index (χ2v) is 11.9. The fraction of sp³-hybridized carbons (Fsp3) is 0.393. The summed E-state index contributed by atoms with van der Waals surface area (Å²) in [5, 5.41) is -0.0299. The molecule has 1 saturated carbocycles. The summed E-state index contributed by atoms with van der Waals surface area (Å²) in [5.74, 6) is -0.403. The van der Waals surface area contributed by atoms with Gasteiger partial charge in [0.25, 0.3) is 5.56 Å². The van der Waals surface area contributed by atoms with Crippen LogP contribution in [0.5, 0.6) is 0 Å². The maximum atomic E-state index is 13.5. The molecule has 1 aliphatic rings. The highest BCUT2D eigenvalue weighted by Gasteiger charge is 2.27. The Morgan fingerprint density at radius 3 is 2.35 bits per heavy atom. The average molecular weight is 524 g/mol. The summed E-state index contributed by atoms with van der Waals surface area (Å²) in [4.78, 5) is 41.6. The third-order valence-electron chi connectivity index (χ3n) is 6.98. The molecule has 0 spiro atoms. The molecule has 196 valence electrons. The number of amides is 1. The van der Waals surface area contributed by atoms with Gasteiger partial charge in [0.05, 0.1) is 21.9 Å². The molecule has 1 amide bonds. The van der Waals surface area contributed by atoms with E-state index in [2.05, 4.69) is 6.58 Å². The lowest BCUT2D eigenvalue weighted by atomic mass is 10.0. The number of fused-ring (bicyclic) bond motifs is 1. The Hall–Kier alpha value is -3.46. The van der Waals surface area contributed by atoms with Gasteiger partial charge < -0.3 is 4.90 Å². The van der Waals surface area contributed by atoms with Crippen LogP contribution in [0.1, 0.15) is 38.5 Å². The van der Waals surface area contributed by atoms with Crippen LogP contribution in [0, 0.1) is 0 Å². The smallest absolute Gasteiger partial charge is 0.307 e. The Labute approximate surface area is 216 Å². The molecule has 0 atom stereocenters. The Kier molecular flexibility index (Phi) is 8.43. The van der Waals surface area contributed by atoms with Crippen molar-refractivity contribution in [3.63, 3.8) is 0 Å². The van der Waals surface area contributed by atoms with Crippen molar-refractivity contribution in [2.45, 2.75) is 56.9 Å². The van der Waals surface area contributed by atoms with E-state index in [0.717, 1.165) is 23.8 Å². The van der Waals surface area contributed by atoms with E-state index in [-0.39, 0.29) is 43.0 Å². The number of sulfone groups is 1. The van der Waals surface area contributed by atoms with E-state index < -0.39 is 21.1 Å². The van der Waals surface area contributed by atoms with Crippen molar-refractivity contribution in [2.75, 3.05) is 17.2 Å². The number of rotatable bonds is 10. The van der Waals surface area contributed by atoms with Gasteiger partial charge in [0, 0.05) is 18.8 Å². The number of anilines is 1. The van der Waals surface area contributed by atoms with Crippen LogP contribution in [0.2, 0.25) is 0 Å². The lowest BCUT2D eigenvalue weighted by molar-refractivity contribution is -0.119.